The number of anilines is 2. The highest BCUT2D eigenvalue weighted by atomic mass is 19.1. The molecule has 4 nitrogen and oxygen atoms in total. The number of amides is 1. The Morgan fingerprint density at radius 1 is 1.30 bits per heavy atom. The van der Waals surface area contributed by atoms with Gasteiger partial charge in [0.15, 0.2) is 0 Å². The molecule has 1 heterocycles. The number of rotatable bonds is 4. The maximum Gasteiger partial charge on any atom is 0.274 e. The number of nitrogens with one attached hydrogen (secondary N) is 2. The molecule has 0 aliphatic heterocycles. The Labute approximate surface area is 117 Å². The van der Waals surface area contributed by atoms with Crippen molar-refractivity contribution in [1.29, 1.82) is 0 Å². The SMILES string of the molecule is CCNc1cccc(C(=O)Nc2ccc(C)c(F)c2)n1. The molecule has 2 aromatic rings. The highest BCUT2D eigenvalue weighted by Gasteiger charge is 2.09. The van der Waals surface area contributed by atoms with Crippen LogP contribution in [0.5, 0.6) is 0 Å². The fraction of sp³-hybridized carbons (Fsp3) is 0.200. The molecule has 0 bridgehead atoms. The lowest BCUT2D eigenvalue weighted by molar-refractivity contribution is 0.102. The zero-order valence-electron chi connectivity index (χ0n) is 11.4. The maximum atomic E-state index is 13.4. The summed E-state index contributed by atoms with van der Waals surface area (Å²) in [5, 5.41) is 5.66. The number of nitrogens with zero attached hydrogens (tertiary/aromatic N) is 1. The second-order valence-corrected chi connectivity index (χ2v) is 4.36. The minimum absolute atomic E-state index is 0.282. The second-order valence-electron chi connectivity index (χ2n) is 4.36. The molecule has 1 amide bonds. The van der Waals surface area contributed by atoms with Gasteiger partial charge < -0.3 is 10.6 Å². The van der Waals surface area contributed by atoms with Crippen LogP contribution in [0.15, 0.2) is 36.4 Å². The molecule has 0 unspecified atom stereocenters. The van der Waals surface area contributed by atoms with Crippen molar-refractivity contribution in [3.05, 3.63) is 53.5 Å². The molecule has 0 fully saturated rings. The van der Waals surface area contributed by atoms with Gasteiger partial charge in [0.25, 0.3) is 5.91 Å². The van der Waals surface area contributed by atoms with Gasteiger partial charge in [0.05, 0.1) is 0 Å². The quantitative estimate of drug-likeness (QED) is 0.899. The van der Waals surface area contributed by atoms with E-state index in [1.807, 2.05) is 6.92 Å². The summed E-state index contributed by atoms with van der Waals surface area (Å²) in [5.41, 5.74) is 1.23. The first kappa shape index (κ1) is 14.0. The lowest BCUT2D eigenvalue weighted by atomic mass is 10.2. The van der Waals surface area contributed by atoms with Gasteiger partial charge >= 0.3 is 0 Å². The van der Waals surface area contributed by atoms with Gasteiger partial charge in [-0.15, -0.1) is 0 Å². The summed E-state index contributed by atoms with van der Waals surface area (Å²) in [5.74, 6) is -0.0830. The minimum Gasteiger partial charge on any atom is -0.370 e. The molecular formula is C15H16FN3O. The highest BCUT2D eigenvalue weighted by Crippen LogP contribution is 2.14. The van der Waals surface area contributed by atoms with Crippen molar-refractivity contribution < 1.29 is 9.18 Å². The number of carbonyl (C=O) groups is 1. The molecule has 2 N–H and O–H groups in total. The summed E-state index contributed by atoms with van der Waals surface area (Å²) in [6.07, 6.45) is 0. The van der Waals surface area contributed by atoms with E-state index in [0.29, 0.717) is 17.1 Å². The van der Waals surface area contributed by atoms with Crippen molar-refractivity contribution in [2.45, 2.75) is 13.8 Å². The molecule has 1 aromatic carbocycles. The van der Waals surface area contributed by atoms with E-state index in [2.05, 4.69) is 15.6 Å². The molecule has 0 atom stereocenters. The van der Waals surface area contributed by atoms with Crippen molar-refractivity contribution in [3.8, 4) is 0 Å². The van der Waals surface area contributed by atoms with Crippen molar-refractivity contribution >= 4 is 17.4 Å². The molecule has 0 saturated heterocycles. The number of carbonyl (C=O) groups excluding carboxylic acids is 1. The first-order valence-corrected chi connectivity index (χ1v) is 6.38. The number of aryl methyl sites for hydroxylation is 1. The fourth-order valence-electron chi connectivity index (χ4n) is 1.71. The van der Waals surface area contributed by atoms with E-state index in [9.17, 15) is 9.18 Å². The third-order valence-corrected chi connectivity index (χ3v) is 2.77. The van der Waals surface area contributed by atoms with E-state index in [0.717, 1.165) is 6.54 Å². The van der Waals surface area contributed by atoms with Crippen molar-refractivity contribution in [2.75, 3.05) is 17.2 Å². The maximum absolute atomic E-state index is 13.4. The summed E-state index contributed by atoms with van der Waals surface area (Å²) in [6, 6.07) is 9.71. The van der Waals surface area contributed by atoms with Crippen LogP contribution in [0.2, 0.25) is 0 Å². The smallest absolute Gasteiger partial charge is 0.274 e. The Morgan fingerprint density at radius 3 is 2.80 bits per heavy atom. The van der Waals surface area contributed by atoms with Gasteiger partial charge in [-0.25, -0.2) is 9.37 Å². The molecule has 20 heavy (non-hydrogen) atoms. The lowest BCUT2D eigenvalue weighted by Crippen LogP contribution is -2.14. The zero-order chi connectivity index (χ0) is 14.5. The molecule has 0 aliphatic carbocycles. The molecule has 0 spiro atoms. The van der Waals surface area contributed by atoms with Crippen LogP contribution >= 0.6 is 0 Å². The van der Waals surface area contributed by atoms with Crippen LogP contribution in [0.25, 0.3) is 0 Å². The first-order valence-electron chi connectivity index (χ1n) is 6.38. The second kappa shape index (κ2) is 6.14. The van der Waals surface area contributed by atoms with Crippen LogP contribution in [0, 0.1) is 12.7 Å². The van der Waals surface area contributed by atoms with Gasteiger partial charge in [-0.3, -0.25) is 4.79 Å². The standard InChI is InChI=1S/C15H16FN3O/c1-3-17-14-6-4-5-13(19-14)15(20)18-11-8-7-10(2)12(16)9-11/h4-9H,3H2,1-2H3,(H,17,19)(H,18,20). The largest absolute Gasteiger partial charge is 0.370 e. The molecule has 0 saturated carbocycles. The predicted molar refractivity (Wildman–Crippen MR) is 77.5 cm³/mol. The van der Waals surface area contributed by atoms with Crippen molar-refractivity contribution in [2.24, 2.45) is 0 Å². The molecule has 5 heteroatoms. The van der Waals surface area contributed by atoms with E-state index in [1.54, 1.807) is 37.3 Å². The van der Waals surface area contributed by atoms with E-state index in [4.69, 9.17) is 0 Å². The molecule has 0 aliphatic rings. The van der Waals surface area contributed by atoms with Gasteiger partial charge in [0.1, 0.15) is 17.3 Å². The molecule has 0 radical (unpaired) electrons. The third-order valence-electron chi connectivity index (χ3n) is 2.77. The highest BCUT2D eigenvalue weighted by molar-refractivity contribution is 6.03. The number of halogens is 1. The molecule has 1 aromatic heterocycles. The summed E-state index contributed by atoms with van der Waals surface area (Å²) >= 11 is 0. The Balaban J connectivity index is 2.15. The van der Waals surface area contributed by atoms with Crippen LogP contribution in [0.3, 0.4) is 0 Å². The topological polar surface area (TPSA) is 54.0 Å². The average molecular weight is 273 g/mol. The van der Waals surface area contributed by atoms with Gasteiger partial charge in [-0.2, -0.15) is 0 Å². The van der Waals surface area contributed by atoms with Gasteiger partial charge in [0, 0.05) is 12.2 Å². The molecular weight excluding hydrogens is 257 g/mol. The fourth-order valence-corrected chi connectivity index (χ4v) is 1.71. The Morgan fingerprint density at radius 2 is 2.10 bits per heavy atom. The van der Waals surface area contributed by atoms with Crippen LogP contribution in [0.1, 0.15) is 23.0 Å². The predicted octanol–water partition coefficient (Wildman–Crippen LogP) is 3.21. The number of hydrogen-bond donors (Lipinski definition) is 2. The molecule has 2 rings (SSSR count). The summed E-state index contributed by atoms with van der Waals surface area (Å²) in [6.45, 7) is 4.34. The van der Waals surface area contributed by atoms with Crippen LogP contribution in [0.4, 0.5) is 15.9 Å². The average Bonchev–Trinajstić information content (AvgIpc) is 2.43. The summed E-state index contributed by atoms with van der Waals surface area (Å²) in [7, 11) is 0. The molecule has 104 valence electrons. The number of hydrogen-bond acceptors (Lipinski definition) is 3. The Hall–Kier alpha value is -2.43. The third kappa shape index (κ3) is 3.32. The van der Waals surface area contributed by atoms with Crippen LogP contribution in [-0.2, 0) is 0 Å². The number of pyridine rings is 1. The van der Waals surface area contributed by atoms with Crippen LogP contribution in [-0.4, -0.2) is 17.4 Å². The van der Waals surface area contributed by atoms with Gasteiger partial charge in [0.2, 0.25) is 0 Å². The van der Waals surface area contributed by atoms with E-state index >= 15 is 0 Å². The monoisotopic (exact) mass is 273 g/mol. The first-order chi connectivity index (χ1) is 9.60. The zero-order valence-corrected chi connectivity index (χ0v) is 11.4. The van der Waals surface area contributed by atoms with Crippen molar-refractivity contribution in [1.82, 2.24) is 4.98 Å². The lowest BCUT2D eigenvalue weighted by Gasteiger charge is -2.07. The van der Waals surface area contributed by atoms with E-state index < -0.39 is 0 Å². The summed E-state index contributed by atoms with van der Waals surface area (Å²) in [4.78, 5) is 16.2. The van der Waals surface area contributed by atoms with E-state index in [-0.39, 0.29) is 17.4 Å². The van der Waals surface area contributed by atoms with E-state index in [1.165, 1.54) is 6.07 Å². The number of benzene rings is 1. The van der Waals surface area contributed by atoms with Crippen molar-refractivity contribution in [3.63, 3.8) is 0 Å². The van der Waals surface area contributed by atoms with Gasteiger partial charge in [-0.05, 0) is 43.7 Å². The Kier molecular flexibility index (Phi) is 4.30. The van der Waals surface area contributed by atoms with Gasteiger partial charge in [-0.1, -0.05) is 12.1 Å². The minimum atomic E-state index is -0.368. The normalized spacial score (nSPS) is 10.2. The Bertz CT molecular complexity index is 628. The van der Waals surface area contributed by atoms with Crippen LogP contribution < -0.4 is 10.6 Å². The summed E-state index contributed by atoms with van der Waals surface area (Å²) < 4.78 is 13.4. The number of aromatic nitrogens is 1.